The molecule has 7 aromatic rings. The summed E-state index contributed by atoms with van der Waals surface area (Å²) in [5.41, 5.74) is 14.2. The molecule has 20 nitrogen and oxygen atoms in total. The lowest BCUT2D eigenvalue weighted by Gasteiger charge is -2.24. The molecule has 0 bridgehead atoms. The highest BCUT2D eigenvalue weighted by molar-refractivity contribution is 6.08. The van der Waals surface area contributed by atoms with Gasteiger partial charge in [0.05, 0.1) is 23.4 Å². The van der Waals surface area contributed by atoms with Crippen LogP contribution in [0.1, 0.15) is 104 Å². The zero-order valence-corrected chi connectivity index (χ0v) is 39.1. The number of carbonyl (C=O) groups excluding carboxylic acids is 4. The molecule has 0 fully saturated rings. The molecule has 0 radical (unpaired) electrons. The minimum Gasteiger partial charge on any atom is -0.491 e. The van der Waals surface area contributed by atoms with Crippen LogP contribution in [0.3, 0.4) is 0 Å². The highest BCUT2D eigenvalue weighted by Gasteiger charge is 2.25. The van der Waals surface area contributed by atoms with Gasteiger partial charge in [-0.05, 0) is 77.8 Å². The van der Waals surface area contributed by atoms with Crippen LogP contribution in [0.15, 0.2) is 53.1 Å². The Morgan fingerprint density at radius 3 is 2.27 bits per heavy atom. The molecular formula is C46H57N13O7. The number of imidazole rings is 1. The van der Waals surface area contributed by atoms with Crippen LogP contribution < -0.4 is 21.5 Å². The third kappa shape index (κ3) is 10.3. The van der Waals surface area contributed by atoms with Gasteiger partial charge in [-0.1, -0.05) is 32.9 Å². The smallest absolute Gasteiger partial charge is 0.410 e. The molecule has 0 unspecified atom stereocenters. The molecular weight excluding hydrogens is 847 g/mol. The van der Waals surface area contributed by atoms with Crippen molar-refractivity contribution in [1.82, 2.24) is 48.7 Å². The summed E-state index contributed by atoms with van der Waals surface area (Å²) in [7, 11) is 1.64. The van der Waals surface area contributed by atoms with Crippen molar-refractivity contribution >= 4 is 62.9 Å². The van der Waals surface area contributed by atoms with E-state index in [9.17, 15) is 19.2 Å². The van der Waals surface area contributed by atoms with Gasteiger partial charge in [-0.15, -0.1) is 0 Å². The van der Waals surface area contributed by atoms with Crippen molar-refractivity contribution in [3.63, 3.8) is 0 Å². The van der Waals surface area contributed by atoms with Gasteiger partial charge in [0.1, 0.15) is 39.7 Å². The highest BCUT2D eigenvalue weighted by Crippen LogP contribution is 2.33. The van der Waals surface area contributed by atoms with E-state index in [1.165, 1.54) is 23.2 Å². The van der Waals surface area contributed by atoms with Crippen LogP contribution in [0.25, 0.3) is 44.6 Å². The Morgan fingerprint density at radius 2 is 1.61 bits per heavy atom. The maximum atomic E-state index is 13.8. The number of rotatable bonds is 16. The number of primary amides is 2. The maximum absolute atomic E-state index is 13.8. The van der Waals surface area contributed by atoms with E-state index in [4.69, 9.17) is 35.3 Å². The van der Waals surface area contributed by atoms with Gasteiger partial charge in [0.2, 0.25) is 23.5 Å². The number of hydrogen-bond acceptors (Lipinski definition) is 13. The number of aryl methyl sites for hydroxylation is 4. The average Bonchev–Trinajstić information content (AvgIpc) is 4.04. The first-order valence-corrected chi connectivity index (χ1v) is 21.8. The van der Waals surface area contributed by atoms with E-state index in [0.29, 0.717) is 82.6 Å². The van der Waals surface area contributed by atoms with Gasteiger partial charge in [-0.3, -0.25) is 19.7 Å². The lowest BCUT2D eigenvalue weighted by molar-refractivity contribution is 0.0291. The zero-order valence-electron chi connectivity index (χ0n) is 39.1. The van der Waals surface area contributed by atoms with Crippen LogP contribution in [0.2, 0.25) is 0 Å². The third-order valence-corrected chi connectivity index (χ3v) is 10.1. The van der Waals surface area contributed by atoms with Gasteiger partial charge < -0.3 is 39.4 Å². The first-order chi connectivity index (χ1) is 31.5. The quantitative estimate of drug-likeness (QED) is 0.0671. The average molecular weight is 904 g/mol. The minimum absolute atomic E-state index is 0.0510. The fourth-order valence-corrected chi connectivity index (χ4v) is 7.21. The van der Waals surface area contributed by atoms with E-state index >= 15 is 0 Å². The summed E-state index contributed by atoms with van der Waals surface area (Å²) in [4.78, 5) is 76.0. The Bertz CT molecular complexity index is 2970. The Hall–Kier alpha value is -7.64. The van der Waals surface area contributed by atoms with E-state index in [2.05, 4.69) is 25.4 Å². The van der Waals surface area contributed by atoms with Crippen molar-refractivity contribution < 1.29 is 33.1 Å². The van der Waals surface area contributed by atoms with Crippen molar-refractivity contribution in [2.75, 3.05) is 25.5 Å². The number of nitrogens with one attached hydrogen (secondary N) is 1. The molecule has 0 aliphatic rings. The number of benzene rings is 1. The number of ether oxygens (including phenoxy) is 2. The highest BCUT2D eigenvalue weighted by atomic mass is 16.6. The monoisotopic (exact) mass is 903 g/mol. The van der Waals surface area contributed by atoms with Crippen LogP contribution in [0.4, 0.5) is 10.7 Å². The number of pyridine rings is 2. The number of fused-ring (bicyclic) bond motifs is 4. The van der Waals surface area contributed by atoms with Gasteiger partial charge in [-0.25, -0.2) is 34.4 Å². The maximum Gasteiger partial charge on any atom is 0.410 e. The molecule has 5 N–H and O–H groups in total. The number of amides is 4. The molecule has 4 amide bonds. The second-order valence-electron chi connectivity index (χ2n) is 16.1. The van der Waals surface area contributed by atoms with E-state index in [1.54, 1.807) is 50.1 Å². The van der Waals surface area contributed by atoms with Gasteiger partial charge in [0, 0.05) is 62.7 Å². The topological polar surface area (TPSA) is 259 Å². The first-order valence-electron chi connectivity index (χ1n) is 21.8. The summed E-state index contributed by atoms with van der Waals surface area (Å²) in [5.74, 6) is 0.157. The molecule has 348 valence electrons. The lowest BCUT2D eigenvalue weighted by atomic mass is 10.1. The zero-order chi connectivity index (χ0) is 48.0. The molecule has 6 heterocycles. The summed E-state index contributed by atoms with van der Waals surface area (Å²) in [6.07, 6.45) is 5.63. The van der Waals surface area contributed by atoms with Crippen molar-refractivity contribution in [2.24, 2.45) is 11.5 Å². The standard InChI is InChI=1S/C44H51N13O7.C2H6/c1-9-30-35(63-25(4)49-30)41(60)52-42-51-32-21-26(36(45)58)22-33(62-19-13-16-54(8)43(61)64-44(5,6)7)34(32)55(42)17-11-12-18-56-38-29(20-27(23-47-38)37(46)59)28-14-15-31(50-39(28)56)40-48-24(3)53-57(40)10-2;1-2/h11-12,14-15,20-23H,9-10,13,16-19H2,1-8H3,(H2,45,58)(H2,46,59)(H,51,52,60);1-2H3/b12-11+;. The third-order valence-electron chi connectivity index (χ3n) is 10.1. The number of aromatic nitrogens is 9. The lowest BCUT2D eigenvalue weighted by Crippen LogP contribution is -2.35. The Balaban J connectivity index is 0.00000355. The number of nitrogens with zero attached hydrogens (tertiary/aromatic N) is 10. The molecule has 20 heteroatoms. The summed E-state index contributed by atoms with van der Waals surface area (Å²) in [6, 6.07) is 8.54. The fraction of sp³-hybridized carbons (Fsp3) is 0.391. The number of nitrogens with two attached hydrogens (primary N) is 2. The molecule has 66 heavy (non-hydrogen) atoms. The van der Waals surface area contributed by atoms with Crippen molar-refractivity contribution in [1.29, 1.82) is 0 Å². The number of oxazole rings is 1. The van der Waals surface area contributed by atoms with Crippen LogP contribution in [0.5, 0.6) is 5.75 Å². The first kappa shape index (κ1) is 47.8. The van der Waals surface area contributed by atoms with Crippen LogP contribution >= 0.6 is 0 Å². The van der Waals surface area contributed by atoms with Crippen molar-refractivity contribution in [3.8, 4) is 17.3 Å². The predicted octanol–water partition coefficient (Wildman–Crippen LogP) is 6.75. The fourth-order valence-electron chi connectivity index (χ4n) is 7.21. The molecule has 0 atom stereocenters. The molecule has 0 saturated heterocycles. The molecule has 0 spiro atoms. The van der Waals surface area contributed by atoms with Gasteiger partial charge in [0.25, 0.3) is 5.91 Å². The van der Waals surface area contributed by atoms with E-state index in [1.807, 2.05) is 63.5 Å². The molecule has 0 aliphatic heterocycles. The Morgan fingerprint density at radius 1 is 0.894 bits per heavy atom. The summed E-state index contributed by atoms with van der Waals surface area (Å²) in [6.45, 7) is 18.2. The SMILES string of the molecule is CC.CCc1nc(C)oc1C(=O)Nc1nc2cc(C(N)=O)cc(OCCCN(C)C(=O)OC(C)(C)C)c2n1C/C=C/Cn1c2ncc(C(N)=O)cc2c2ccc(-c3nc(C)nn3CC)nc21. The van der Waals surface area contributed by atoms with Gasteiger partial charge >= 0.3 is 6.09 Å². The molecule has 0 saturated carbocycles. The van der Waals surface area contributed by atoms with Crippen molar-refractivity contribution in [2.45, 2.75) is 100 Å². The number of hydrogen-bond donors (Lipinski definition) is 3. The Labute approximate surface area is 381 Å². The normalized spacial score (nSPS) is 11.6. The number of allylic oxidation sites excluding steroid dienone is 2. The van der Waals surface area contributed by atoms with Crippen LogP contribution in [-0.4, -0.2) is 98.3 Å². The van der Waals surface area contributed by atoms with E-state index in [0.717, 1.165) is 5.39 Å². The predicted molar refractivity (Wildman–Crippen MR) is 249 cm³/mol. The number of anilines is 1. The minimum atomic E-state index is -0.703. The van der Waals surface area contributed by atoms with Crippen LogP contribution in [0, 0.1) is 13.8 Å². The van der Waals surface area contributed by atoms with E-state index in [-0.39, 0.29) is 48.3 Å². The summed E-state index contributed by atoms with van der Waals surface area (Å²) < 4.78 is 22.9. The van der Waals surface area contributed by atoms with Crippen molar-refractivity contribution in [3.05, 3.63) is 83.0 Å². The molecule has 6 aromatic heterocycles. The summed E-state index contributed by atoms with van der Waals surface area (Å²) >= 11 is 0. The molecule has 1 aromatic carbocycles. The second kappa shape index (κ2) is 20.0. The second-order valence-corrected chi connectivity index (χ2v) is 16.1. The van der Waals surface area contributed by atoms with Gasteiger partial charge in [0.15, 0.2) is 11.7 Å². The van der Waals surface area contributed by atoms with E-state index < -0.39 is 29.4 Å². The summed E-state index contributed by atoms with van der Waals surface area (Å²) in [5, 5.41) is 8.82. The molecule has 7 rings (SSSR count). The largest absolute Gasteiger partial charge is 0.491 e. The molecule has 0 aliphatic carbocycles. The Kier molecular flexibility index (Phi) is 14.5. The number of carbonyl (C=O) groups is 4. The van der Waals surface area contributed by atoms with Gasteiger partial charge in [-0.2, -0.15) is 5.10 Å². The van der Waals surface area contributed by atoms with Crippen LogP contribution in [-0.2, 0) is 30.8 Å².